The minimum Gasteiger partial charge on any atom is -0.497 e. The summed E-state index contributed by atoms with van der Waals surface area (Å²) in [6, 6.07) is 13.8. The van der Waals surface area contributed by atoms with E-state index in [1.54, 1.807) is 7.11 Å². The first kappa shape index (κ1) is 14.4. The molecule has 0 saturated carbocycles. The first-order chi connectivity index (χ1) is 10.7. The van der Waals surface area contributed by atoms with E-state index in [1.807, 2.05) is 42.5 Å². The highest BCUT2D eigenvalue weighted by Crippen LogP contribution is 2.30. The SMILES string of the molecule is COc1ccc2nc(-c3ccccc3OCC(C)C)[nH]c2c1. The molecule has 0 aliphatic carbocycles. The number of rotatable bonds is 5. The number of aromatic nitrogens is 2. The molecular weight excluding hydrogens is 276 g/mol. The number of hydrogen-bond acceptors (Lipinski definition) is 3. The van der Waals surface area contributed by atoms with Gasteiger partial charge in [0.15, 0.2) is 0 Å². The van der Waals surface area contributed by atoms with Crippen LogP contribution in [-0.2, 0) is 0 Å². The fourth-order valence-electron chi connectivity index (χ4n) is 2.29. The van der Waals surface area contributed by atoms with Gasteiger partial charge in [-0.05, 0) is 30.2 Å². The zero-order valence-electron chi connectivity index (χ0n) is 13.1. The van der Waals surface area contributed by atoms with Crippen molar-refractivity contribution in [3.05, 3.63) is 42.5 Å². The molecule has 1 aromatic heterocycles. The second kappa shape index (κ2) is 6.10. The van der Waals surface area contributed by atoms with Crippen LogP contribution >= 0.6 is 0 Å². The first-order valence-corrected chi connectivity index (χ1v) is 7.43. The molecule has 114 valence electrons. The number of ether oxygens (including phenoxy) is 2. The van der Waals surface area contributed by atoms with Gasteiger partial charge in [0, 0.05) is 6.07 Å². The van der Waals surface area contributed by atoms with Gasteiger partial charge in [0.2, 0.25) is 0 Å². The van der Waals surface area contributed by atoms with Gasteiger partial charge in [-0.25, -0.2) is 4.98 Å². The van der Waals surface area contributed by atoms with E-state index in [1.165, 1.54) is 0 Å². The van der Waals surface area contributed by atoms with E-state index in [2.05, 4.69) is 23.8 Å². The third-order valence-corrected chi connectivity index (χ3v) is 3.40. The zero-order chi connectivity index (χ0) is 15.5. The molecule has 2 aromatic carbocycles. The van der Waals surface area contributed by atoms with Crippen LogP contribution in [0.3, 0.4) is 0 Å². The number of fused-ring (bicyclic) bond motifs is 1. The van der Waals surface area contributed by atoms with Gasteiger partial charge < -0.3 is 14.5 Å². The summed E-state index contributed by atoms with van der Waals surface area (Å²) in [6.45, 7) is 4.96. The van der Waals surface area contributed by atoms with Crippen molar-refractivity contribution in [2.24, 2.45) is 5.92 Å². The molecule has 0 spiro atoms. The van der Waals surface area contributed by atoms with Crippen molar-refractivity contribution in [1.29, 1.82) is 0 Å². The number of nitrogens with zero attached hydrogens (tertiary/aromatic N) is 1. The molecule has 0 unspecified atom stereocenters. The molecule has 0 amide bonds. The third kappa shape index (κ3) is 2.91. The van der Waals surface area contributed by atoms with Crippen LogP contribution in [0.2, 0.25) is 0 Å². The van der Waals surface area contributed by atoms with Gasteiger partial charge in [-0.2, -0.15) is 0 Å². The standard InChI is InChI=1S/C18H20N2O2/c1-12(2)11-22-17-7-5-4-6-14(17)18-19-15-9-8-13(21-3)10-16(15)20-18/h4-10,12H,11H2,1-3H3,(H,19,20). The molecule has 4 heteroatoms. The van der Waals surface area contributed by atoms with E-state index in [0.29, 0.717) is 12.5 Å². The van der Waals surface area contributed by atoms with Crippen molar-refractivity contribution in [2.75, 3.05) is 13.7 Å². The zero-order valence-corrected chi connectivity index (χ0v) is 13.1. The molecule has 3 aromatic rings. The average molecular weight is 296 g/mol. The lowest BCUT2D eigenvalue weighted by molar-refractivity contribution is 0.272. The molecule has 22 heavy (non-hydrogen) atoms. The molecule has 0 atom stereocenters. The Kier molecular flexibility index (Phi) is 4.00. The number of H-pyrrole nitrogens is 1. The van der Waals surface area contributed by atoms with Gasteiger partial charge in [0.1, 0.15) is 17.3 Å². The monoisotopic (exact) mass is 296 g/mol. The highest BCUT2D eigenvalue weighted by molar-refractivity contribution is 5.81. The second-order valence-electron chi connectivity index (χ2n) is 5.67. The maximum atomic E-state index is 5.91. The molecule has 0 bridgehead atoms. The molecule has 0 aliphatic heterocycles. The van der Waals surface area contributed by atoms with Crippen molar-refractivity contribution in [2.45, 2.75) is 13.8 Å². The average Bonchev–Trinajstić information content (AvgIpc) is 2.95. The van der Waals surface area contributed by atoms with Gasteiger partial charge >= 0.3 is 0 Å². The van der Waals surface area contributed by atoms with Gasteiger partial charge in [-0.15, -0.1) is 0 Å². The smallest absolute Gasteiger partial charge is 0.142 e. The van der Waals surface area contributed by atoms with Crippen LogP contribution < -0.4 is 9.47 Å². The summed E-state index contributed by atoms with van der Waals surface area (Å²) >= 11 is 0. The lowest BCUT2D eigenvalue weighted by Gasteiger charge is -2.11. The molecule has 0 aliphatic rings. The lowest BCUT2D eigenvalue weighted by atomic mass is 10.2. The summed E-state index contributed by atoms with van der Waals surface area (Å²) < 4.78 is 11.2. The Bertz CT molecular complexity index is 778. The van der Waals surface area contributed by atoms with Crippen molar-refractivity contribution in [3.63, 3.8) is 0 Å². The van der Waals surface area contributed by atoms with Crippen LogP contribution in [0.5, 0.6) is 11.5 Å². The van der Waals surface area contributed by atoms with Crippen LogP contribution in [0.4, 0.5) is 0 Å². The van der Waals surface area contributed by atoms with Crippen molar-refractivity contribution < 1.29 is 9.47 Å². The number of para-hydroxylation sites is 1. The normalized spacial score (nSPS) is 11.1. The van der Waals surface area contributed by atoms with E-state index >= 15 is 0 Å². The van der Waals surface area contributed by atoms with Gasteiger partial charge in [0.25, 0.3) is 0 Å². The summed E-state index contributed by atoms with van der Waals surface area (Å²) in [6.07, 6.45) is 0. The largest absolute Gasteiger partial charge is 0.497 e. The molecular formula is C18H20N2O2. The molecule has 1 N–H and O–H groups in total. The predicted molar refractivity (Wildman–Crippen MR) is 88.4 cm³/mol. The van der Waals surface area contributed by atoms with Crippen LogP contribution in [0, 0.1) is 5.92 Å². The molecule has 0 saturated heterocycles. The quantitative estimate of drug-likeness (QED) is 0.764. The lowest BCUT2D eigenvalue weighted by Crippen LogP contribution is -2.05. The van der Waals surface area contributed by atoms with E-state index in [9.17, 15) is 0 Å². The maximum absolute atomic E-state index is 5.91. The van der Waals surface area contributed by atoms with Crippen molar-refractivity contribution in [1.82, 2.24) is 9.97 Å². The maximum Gasteiger partial charge on any atom is 0.142 e. The molecule has 3 rings (SSSR count). The Morgan fingerprint density at radius 1 is 1.14 bits per heavy atom. The number of nitrogens with one attached hydrogen (secondary N) is 1. The number of aromatic amines is 1. The van der Waals surface area contributed by atoms with E-state index in [4.69, 9.17) is 9.47 Å². The number of imidazole rings is 1. The van der Waals surface area contributed by atoms with E-state index in [0.717, 1.165) is 33.9 Å². The minimum absolute atomic E-state index is 0.480. The Labute approximate surface area is 130 Å². The fourth-order valence-corrected chi connectivity index (χ4v) is 2.29. The van der Waals surface area contributed by atoms with Crippen LogP contribution in [-0.4, -0.2) is 23.7 Å². The van der Waals surface area contributed by atoms with E-state index in [-0.39, 0.29) is 0 Å². The second-order valence-corrected chi connectivity index (χ2v) is 5.67. The van der Waals surface area contributed by atoms with Crippen LogP contribution in [0.15, 0.2) is 42.5 Å². The van der Waals surface area contributed by atoms with Gasteiger partial charge in [-0.3, -0.25) is 0 Å². The molecule has 0 radical (unpaired) electrons. The Hall–Kier alpha value is -2.49. The van der Waals surface area contributed by atoms with Crippen LogP contribution in [0.25, 0.3) is 22.4 Å². The number of methoxy groups -OCH3 is 1. The fraction of sp³-hybridized carbons (Fsp3) is 0.278. The molecule has 4 nitrogen and oxygen atoms in total. The summed E-state index contributed by atoms with van der Waals surface area (Å²) in [7, 11) is 1.66. The van der Waals surface area contributed by atoms with Crippen molar-refractivity contribution in [3.8, 4) is 22.9 Å². The molecule has 1 heterocycles. The Morgan fingerprint density at radius 2 is 1.95 bits per heavy atom. The number of hydrogen-bond donors (Lipinski definition) is 1. The molecule has 0 fully saturated rings. The van der Waals surface area contributed by atoms with E-state index < -0.39 is 0 Å². The Balaban J connectivity index is 2.00. The topological polar surface area (TPSA) is 47.1 Å². The van der Waals surface area contributed by atoms with Gasteiger partial charge in [-0.1, -0.05) is 26.0 Å². The predicted octanol–water partition coefficient (Wildman–Crippen LogP) is 4.27. The third-order valence-electron chi connectivity index (χ3n) is 3.40. The summed E-state index contributed by atoms with van der Waals surface area (Å²) in [5.74, 6) is 2.95. The summed E-state index contributed by atoms with van der Waals surface area (Å²) in [5, 5.41) is 0. The van der Waals surface area contributed by atoms with Gasteiger partial charge in [0.05, 0.1) is 30.3 Å². The highest BCUT2D eigenvalue weighted by atomic mass is 16.5. The van der Waals surface area contributed by atoms with Crippen molar-refractivity contribution >= 4 is 11.0 Å². The number of benzene rings is 2. The summed E-state index contributed by atoms with van der Waals surface area (Å²) in [5.41, 5.74) is 2.83. The Morgan fingerprint density at radius 3 is 2.73 bits per heavy atom. The summed E-state index contributed by atoms with van der Waals surface area (Å²) in [4.78, 5) is 8.00. The highest BCUT2D eigenvalue weighted by Gasteiger charge is 2.11. The first-order valence-electron chi connectivity index (χ1n) is 7.43. The minimum atomic E-state index is 0.480. The van der Waals surface area contributed by atoms with Crippen LogP contribution in [0.1, 0.15) is 13.8 Å².